The molecule has 96 valence electrons. The Morgan fingerprint density at radius 3 is 2.61 bits per heavy atom. The molecule has 0 bridgehead atoms. The summed E-state index contributed by atoms with van der Waals surface area (Å²) < 4.78 is 20.5. The van der Waals surface area contributed by atoms with E-state index in [0.29, 0.717) is 16.8 Å². The van der Waals surface area contributed by atoms with E-state index in [0.717, 1.165) is 8.66 Å². The van der Waals surface area contributed by atoms with Gasteiger partial charge in [-0.1, -0.05) is 0 Å². The minimum Gasteiger partial charge on any atom is -0.483 e. The second-order valence-electron chi connectivity index (χ2n) is 3.56. The highest BCUT2D eigenvalue weighted by Gasteiger charge is 2.14. The molecule has 2 nitrogen and oxygen atoms in total. The smallest absolute Gasteiger partial charge is 0.145 e. The van der Waals surface area contributed by atoms with Crippen LogP contribution >= 0.6 is 43.2 Å². The number of nitrogens with two attached hydrogens (primary N) is 1. The van der Waals surface area contributed by atoms with Crippen LogP contribution in [0.1, 0.15) is 11.0 Å². The van der Waals surface area contributed by atoms with Crippen molar-refractivity contribution in [3.63, 3.8) is 0 Å². The second-order valence-corrected chi connectivity index (χ2v) is 6.91. The van der Waals surface area contributed by atoms with Gasteiger partial charge in [-0.3, -0.25) is 0 Å². The van der Waals surface area contributed by atoms with Crippen molar-refractivity contribution >= 4 is 43.2 Å². The third-order valence-corrected chi connectivity index (χ3v) is 4.65. The average molecular weight is 395 g/mol. The summed E-state index contributed by atoms with van der Waals surface area (Å²) in [6.45, 7) is 0.338. The molecule has 0 aliphatic heterocycles. The fraction of sp³-hybridized carbons (Fsp3) is 0.167. The van der Waals surface area contributed by atoms with Crippen LogP contribution in [0.25, 0.3) is 0 Å². The molecule has 0 amide bonds. The summed E-state index contributed by atoms with van der Waals surface area (Å²) in [7, 11) is 0. The molecule has 1 aromatic carbocycles. The lowest BCUT2D eigenvalue weighted by molar-refractivity contribution is 0.217. The van der Waals surface area contributed by atoms with E-state index in [9.17, 15) is 4.39 Å². The number of benzene rings is 1. The summed E-state index contributed by atoms with van der Waals surface area (Å²) in [4.78, 5) is 1.01. The van der Waals surface area contributed by atoms with Crippen LogP contribution in [0.4, 0.5) is 4.39 Å². The van der Waals surface area contributed by atoms with Gasteiger partial charge in [-0.25, -0.2) is 4.39 Å². The SMILES string of the molecule is NCC(Oc1ccc(Br)c(F)c1)c1ccc(Br)s1. The molecule has 0 aliphatic rings. The van der Waals surface area contributed by atoms with Crippen LogP contribution in [0.2, 0.25) is 0 Å². The fourth-order valence-corrected chi connectivity index (χ4v) is 3.15. The number of hydrogen-bond donors (Lipinski definition) is 1. The summed E-state index contributed by atoms with van der Waals surface area (Å²) in [5.74, 6) is 0.117. The van der Waals surface area contributed by atoms with Crippen molar-refractivity contribution in [2.45, 2.75) is 6.10 Å². The quantitative estimate of drug-likeness (QED) is 0.828. The first-order valence-corrected chi connectivity index (χ1v) is 7.57. The van der Waals surface area contributed by atoms with E-state index in [1.54, 1.807) is 23.5 Å². The van der Waals surface area contributed by atoms with Crippen LogP contribution in [0.15, 0.2) is 38.6 Å². The highest BCUT2D eigenvalue weighted by atomic mass is 79.9. The van der Waals surface area contributed by atoms with Gasteiger partial charge in [-0.2, -0.15) is 0 Å². The van der Waals surface area contributed by atoms with Gasteiger partial charge < -0.3 is 10.5 Å². The number of thiophene rings is 1. The first-order valence-electron chi connectivity index (χ1n) is 5.17. The fourth-order valence-electron chi connectivity index (χ4n) is 1.44. The Hall–Kier alpha value is -0.430. The van der Waals surface area contributed by atoms with Crippen LogP contribution < -0.4 is 10.5 Å². The van der Waals surface area contributed by atoms with Crippen LogP contribution in [0.3, 0.4) is 0 Å². The van der Waals surface area contributed by atoms with Gasteiger partial charge in [0.25, 0.3) is 0 Å². The molecule has 0 radical (unpaired) electrons. The molecule has 6 heteroatoms. The normalized spacial score (nSPS) is 12.4. The molecule has 0 spiro atoms. The molecule has 18 heavy (non-hydrogen) atoms. The predicted octanol–water partition coefficient (Wildman–Crippen LogP) is 4.49. The molecule has 2 N–H and O–H groups in total. The maximum Gasteiger partial charge on any atom is 0.145 e. The Morgan fingerprint density at radius 1 is 1.28 bits per heavy atom. The van der Waals surface area contributed by atoms with Crippen molar-refractivity contribution in [2.75, 3.05) is 6.54 Å². The highest BCUT2D eigenvalue weighted by Crippen LogP contribution is 2.31. The van der Waals surface area contributed by atoms with Crippen LogP contribution in [-0.2, 0) is 0 Å². The zero-order chi connectivity index (χ0) is 13.1. The maximum absolute atomic E-state index is 13.4. The minimum absolute atomic E-state index is 0.262. The number of hydrogen-bond acceptors (Lipinski definition) is 3. The molecule has 1 aromatic heterocycles. The van der Waals surface area contributed by atoms with Gasteiger partial charge in [-0.15, -0.1) is 11.3 Å². The lowest BCUT2D eigenvalue weighted by atomic mass is 10.3. The van der Waals surface area contributed by atoms with E-state index in [2.05, 4.69) is 31.9 Å². The van der Waals surface area contributed by atoms with E-state index in [1.807, 2.05) is 12.1 Å². The van der Waals surface area contributed by atoms with Gasteiger partial charge in [0.05, 0.1) is 8.26 Å². The van der Waals surface area contributed by atoms with Crippen LogP contribution in [0.5, 0.6) is 5.75 Å². The molecule has 0 aliphatic carbocycles. The number of ether oxygens (including phenoxy) is 1. The van der Waals surface area contributed by atoms with Gasteiger partial charge in [0.2, 0.25) is 0 Å². The Kier molecular flexibility index (Phi) is 4.77. The van der Waals surface area contributed by atoms with Crippen molar-refractivity contribution in [1.82, 2.24) is 0 Å². The maximum atomic E-state index is 13.4. The Morgan fingerprint density at radius 2 is 2.06 bits per heavy atom. The molecule has 0 fully saturated rings. The standard InChI is InChI=1S/C12H10Br2FNOS/c13-8-2-1-7(5-9(8)15)17-10(6-16)11-3-4-12(14)18-11/h1-5,10H,6,16H2. The van der Waals surface area contributed by atoms with Gasteiger partial charge >= 0.3 is 0 Å². The lowest BCUT2D eigenvalue weighted by Gasteiger charge is -2.16. The molecule has 0 saturated heterocycles. The average Bonchev–Trinajstić information content (AvgIpc) is 2.77. The molecule has 1 unspecified atom stereocenters. The van der Waals surface area contributed by atoms with Crippen molar-refractivity contribution < 1.29 is 9.13 Å². The molecular formula is C12H10Br2FNOS. The van der Waals surface area contributed by atoms with E-state index >= 15 is 0 Å². The Balaban J connectivity index is 2.17. The molecule has 2 rings (SSSR count). The zero-order valence-electron chi connectivity index (χ0n) is 9.20. The number of rotatable bonds is 4. The predicted molar refractivity (Wildman–Crippen MR) is 78.5 cm³/mol. The highest BCUT2D eigenvalue weighted by molar-refractivity contribution is 9.11. The zero-order valence-corrected chi connectivity index (χ0v) is 13.2. The van der Waals surface area contributed by atoms with Crippen LogP contribution in [0, 0.1) is 5.82 Å². The Labute approximate surface area is 125 Å². The van der Waals surface area contributed by atoms with E-state index < -0.39 is 0 Å². The first-order chi connectivity index (χ1) is 8.60. The monoisotopic (exact) mass is 393 g/mol. The van der Waals surface area contributed by atoms with E-state index in [-0.39, 0.29) is 11.9 Å². The molecule has 2 aromatic rings. The van der Waals surface area contributed by atoms with Crippen LogP contribution in [-0.4, -0.2) is 6.54 Å². The van der Waals surface area contributed by atoms with Gasteiger partial charge in [-0.05, 0) is 56.1 Å². The second kappa shape index (κ2) is 6.14. The largest absolute Gasteiger partial charge is 0.483 e. The summed E-state index contributed by atoms with van der Waals surface area (Å²) >= 11 is 8.05. The third-order valence-electron chi connectivity index (χ3n) is 2.29. The van der Waals surface area contributed by atoms with E-state index in [1.165, 1.54) is 6.07 Å². The summed E-state index contributed by atoms with van der Waals surface area (Å²) in [5, 5.41) is 0. The Bertz CT molecular complexity index is 547. The lowest BCUT2D eigenvalue weighted by Crippen LogP contribution is -2.17. The van der Waals surface area contributed by atoms with Crippen molar-refractivity contribution in [2.24, 2.45) is 5.73 Å². The van der Waals surface area contributed by atoms with Crippen molar-refractivity contribution in [3.05, 3.63) is 49.3 Å². The minimum atomic E-state index is -0.351. The first kappa shape index (κ1) is 14.0. The molecule has 1 heterocycles. The summed E-state index contributed by atoms with van der Waals surface area (Å²) in [6, 6.07) is 8.55. The molecular weight excluding hydrogens is 385 g/mol. The van der Waals surface area contributed by atoms with Crippen molar-refractivity contribution in [1.29, 1.82) is 0 Å². The summed E-state index contributed by atoms with van der Waals surface area (Å²) in [6.07, 6.45) is -0.262. The molecule has 0 saturated carbocycles. The van der Waals surface area contributed by atoms with Gasteiger partial charge in [0, 0.05) is 17.5 Å². The number of halogens is 3. The summed E-state index contributed by atoms with van der Waals surface area (Å²) in [5.41, 5.74) is 5.69. The van der Waals surface area contributed by atoms with Gasteiger partial charge in [0.1, 0.15) is 17.7 Å². The third kappa shape index (κ3) is 3.32. The van der Waals surface area contributed by atoms with E-state index in [4.69, 9.17) is 10.5 Å². The topological polar surface area (TPSA) is 35.2 Å². The van der Waals surface area contributed by atoms with Gasteiger partial charge in [0.15, 0.2) is 0 Å². The molecule has 1 atom stereocenters. The van der Waals surface area contributed by atoms with Crippen molar-refractivity contribution in [3.8, 4) is 5.75 Å².